The van der Waals surface area contributed by atoms with E-state index in [2.05, 4.69) is 12.2 Å². The van der Waals surface area contributed by atoms with Gasteiger partial charge in [-0.1, -0.05) is 6.92 Å². The number of rotatable bonds is 5. The molecule has 1 rings (SSSR count). The van der Waals surface area contributed by atoms with Gasteiger partial charge in [0.25, 0.3) is 0 Å². The maximum atomic E-state index is 11.1. The third kappa shape index (κ3) is 3.19. The number of hydrogen-bond acceptors (Lipinski definition) is 3. The van der Waals surface area contributed by atoms with Crippen molar-refractivity contribution in [3.05, 3.63) is 0 Å². The minimum atomic E-state index is -0.194. The predicted molar refractivity (Wildman–Crippen MR) is 56.7 cm³/mol. The van der Waals surface area contributed by atoms with Crippen molar-refractivity contribution >= 4 is 17.7 Å². The largest absolute Gasteiger partial charge is 0.368 e. The van der Waals surface area contributed by atoms with Crippen molar-refractivity contribution in [2.45, 2.75) is 25.8 Å². The van der Waals surface area contributed by atoms with Crippen LogP contribution in [0.2, 0.25) is 0 Å². The van der Waals surface area contributed by atoms with Gasteiger partial charge in [-0.05, 0) is 36.8 Å². The van der Waals surface area contributed by atoms with Crippen molar-refractivity contribution < 1.29 is 4.79 Å². The lowest BCUT2D eigenvalue weighted by atomic mass is 9.98. The van der Waals surface area contributed by atoms with Gasteiger partial charge in [0.2, 0.25) is 5.91 Å². The summed E-state index contributed by atoms with van der Waals surface area (Å²) in [5.74, 6) is 2.50. The first-order valence-corrected chi connectivity index (χ1v) is 6.01. The molecule has 76 valence electrons. The van der Waals surface area contributed by atoms with Crippen molar-refractivity contribution in [1.29, 1.82) is 0 Å². The van der Waals surface area contributed by atoms with Crippen LogP contribution < -0.4 is 11.1 Å². The molecule has 2 unspecified atom stereocenters. The third-order valence-corrected chi connectivity index (χ3v) is 3.55. The summed E-state index contributed by atoms with van der Waals surface area (Å²) in [6.07, 6.45) is 2.17. The van der Waals surface area contributed by atoms with Crippen LogP contribution in [0.4, 0.5) is 0 Å². The fourth-order valence-electron chi connectivity index (χ4n) is 1.62. The summed E-state index contributed by atoms with van der Waals surface area (Å²) in [6.45, 7) is 2.98. The molecule has 1 fully saturated rings. The number of nitrogens with two attached hydrogens (primary N) is 1. The summed E-state index contributed by atoms with van der Waals surface area (Å²) < 4.78 is 0. The smallest absolute Gasteiger partial charge is 0.234 e. The molecule has 13 heavy (non-hydrogen) atoms. The Balaban J connectivity index is 2.40. The number of thioether (sulfide) groups is 1. The maximum absolute atomic E-state index is 11.1. The zero-order valence-electron chi connectivity index (χ0n) is 8.08. The first-order valence-electron chi connectivity index (χ1n) is 4.86. The van der Waals surface area contributed by atoms with Gasteiger partial charge >= 0.3 is 0 Å². The van der Waals surface area contributed by atoms with Gasteiger partial charge in [0.05, 0.1) is 6.04 Å². The summed E-state index contributed by atoms with van der Waals surface area (Å²) in [5.41, 5.74) is 5.35. The van der Waals surface area contributed by atoms with Crippen molar-refractivity contribution in [1.82, 2.24) is 5.32 Å². The Labute approximate surface area is 83.8 Å². The van der Waals surface area contributed by atoms with Gasteiger partial charge < -0.3 is 11.1 Å². The van der Waals surface area contributed by atoms with Crippen LogP contribution in [0.3, 0.4) is 0 Å². The normalized spacial score (nSPS) is 24.5. The highest BCUT2D eigenvalue weighted by atomic mass is 32.2. The Morgan fingerprint density at radius 2 is 2.54 bits per heavy atom. The molecule has 0 aromatic carbocycles. The first kappa shape index (κ1) is 10.9. The van der Waals surface area contributed by atoms with Crippen LogP contribution in [0, 0.1) is 5.92 Å². The number of carbonyl (C=O) groups is 1. The van der Waals surface area contributed by atoms with E-state index in [-0.39, 0.29) is 11.9 Å². The lowest BCUT2D eigenvalue weighted by Gasteiger charge is -2.20. The van der Waals surface area contributed by atoms with Gasteiger partial charge in [-0.3, -0.25) is 4.79 Å². The molecule has 2 atom stereocenters. The van der Waals surface area contributed by atoms with Crippen LogP contribution in [0.1, 0.15) is 19.8 Å². The molecule has 1 aliphatic rings. The molecule has 0 bridgehead atoms. The molecule has 0 aromatic rings. The van der Waals surface area contributed by atoms with E-state index >= 15 is 0 Å². The Bertz CT molecular complexity index is 169. The first-order chi connectivity index (χ1) is 6.25. The maximum Gasteiger partial charge on any atom is 0.234 e. The Kier molecular flexibility index (Phi) is 4.59. The van der Waals surface area contributed by atoms with Crippen LogP contribution in [0.15, 0.2) is 0 Å². The standard InChI is InChI=1S/C9H18N2OS/c1-2-4-11-8(9(10)12)7-3-5-13-6-7/h7-8,11H,2-6H2,1H3,(H2,10,12). The summed E-state index contributed by atoms with van der Waals surface area (Å²) in [7, 11) is 0. The molecule has 0 aromatic heterocycles. The van der Waals surface area contributed by atoms with Crippen LogP contribution in [-0.2, 0) is 4.79 Å². The lowest BCUT2D eigenvalue weighted by molar-refractivity contribution is -0.121. The predicted octanol–water partition coefficient (Wildman–Crippen LogP) is 0.593. The average Bonchev–Trinajstić information content (AvgIpc) is 2.57. The number of hydrogen-bond donors (Lipinski definition) is 2. The van der Waals surface area contributed by atoms with E-state index in [9.17, 15) is 4.79 Å². The number of primary amides is 1. The van der Waals surface area contributed by atoms with Crippen molar-refractivity contribution in [3.63, 3.8) is 0 Å². The average molecular weight is 202 g/mol. The van der Waals surface area contributed by atoms with Gasteiger partial charge in [-0.25, -0.2) is 0 Å². The second-order valence-electron chi connectivity index (χ2n) is 3.46. The molecular formula is C9H18N2OS. The number of amides is 1. The van der Waals surface area contributed by atoms with Crippen molar-refractivity contribution in [2.24, 2.45) is 11.7 Å². The summed E-state index contributed by atoms with van der Waals surface area (Å²) >= 11 is 1.91. The van der Waals surface area contributed by atoms with Gasteiger partial charge in [-0.2, -0.15) is 11.8 Å². The van der Waals surface area contributed by atoms with Crippen LogP contribution in [0.25, 0.3) is 0 Å². The minimum absolute atomic E-state index is 0.102. The highest BCUT2D eigenvalue weighted by Gasteiger charge is 2.28. The molecule has 3 N–H and O–H groups in total. The van der Waals surface area contributed by atoms with Gasteiger partial charge in [0, 0.05) is 0 Å². The molecule has 1 aliphatic heterocycles. The molecule has 0 aliphatic carbocycles. The quantitative estimate of drug-likeness (QED) is 0.686. The summed E-state index contributed by atoms with van der Waals surface area (Å²) in [4.78, 5) is 11.1. The third-order valence-electron chi connectivity index (χ3n) is 2.36. The molecule has 1 saturated heterocycles. The van der Waals surface area contributed by atoms with Crippen LogP contribution >= 0.6 is 11.8 Å². The van der Waals surface area contributed by atoms with Crippen LogP contribution in [0.5, 0.6) is 0 Å². The number of carbonyl (C=O) groups excluding carboxylic acids is 1. The highest BCUT2D eigenvalue weighted by Crippen LogP contribution is 2.26. The van der Waals surface area contributed by atoms with Crippen LogP contribution in [-0.4, -0.2) is 30.0 Å². The van der Waals surface area contributed by atoms with E-state index in [1.54, 1.807) is 0 Å². The molecular weight excluding hydrogens is 184 g/mol. The van der Waals surface area contributed by atoms with E-state index in [0.29, 0.717) is 5.92 Å². The summed E-state index contributed by atoms with van der Waals surface area (Å²) in [5, 5.41) is 3.22. The van der Waals surface area contributed by atoms with E-state index < -0.39 is 0 Å². The monoisotopic (exact) mass is 202 g/mol. The Morgan fingerprint density at radius 1 is 1.77 bits per heavy atom. The zero-order valence-corrected chi connectivity index (χ0v) is 8.90. The lowest BCUT2D eigenvalue weighted by Crippen LogP contribution is -2.47. The second kappa shape index (κ2) is 5.50. The van der Waals surface area contributed by atoms with Gasteiger partial charge in [-0.15, -0.1) is 0 Å². The molecule has 4 heteroatoms. The SMILES string of the molecule is CCCNC(C(N)=O)C1CCSC1. The Hall–Kier alpha value is -0.220. The molecule has 0 spiro atoms. The van der Waals surface area contributed by atoms with E-state index in [1.807, 2.05) is 11.8 Å². The molecule has 1 heterocycles. The highest BCUT2D eigenvalue weighted by molar-refractivity contribution is 7.99. The fraction of sp³-hybridized carbons (Fsp3) is 0.889. The van der Waals surface area contributed by atoms with Gasteiger partial charge in [0.1, 0.15) is 0 Å². The Morgan fingerprint density at radius 3 is 3.00 bits per heavy atom. The van der Waals surface area contributed by atoms with E-state index in [4.69, 9.17) is 5.73 Å². The van der Waals surface area contributed by atoms with Crippen molar-refractivity contribution in [3.8, 4) is 0 Å². The van der Waals surface area contributed by atoms with Gasteiger partial charge in [0.15, 0.2) is 0 Å². The topological polar surface area (TPSA) is 55.1 Å². The minimum Gasteiger partial charge on any atom is -0.368 e. The van der Waals surface area contributed by atoms with E-state index in [1.165, 1.54) is 5.75 Å². The number of nitrogens with one attached hydrogen (secondary N) is 1. The summed E-state index contributed by atoms with van der Waals surface area (Å²) in [6, 6.07) is -0.102. The van der Waals surface area contributed by atoms with E-state index in [0.717, 1.165) is 25.1 Å². The fourth-order valence-corrected chi connectivity index (χ4v) is 2.91. The molecule has 3 nitrogen and oxygen atoms in total. The van der Waals surface area contributed by atoms with Crippen molar-refractivity contribution in [2.75, 3.05) is 18.1 Å². The molecule has 0 saturated carbocycles. The zero-order chi connectivity index (χ0) is 9.68. The second-order valence-corrected chi connectivity index (χ2v) is 4.61. The molecule has 0 radical (unpaired) electrons. The molecule has 1 amide bonds.